The van der Waals surface area contributed by atoms with Crippen LogP contribution in [0.25, 0.3) is 11.3 Å². The molecule has 1 aliphatic heterocycles. The second-order valence-electron chi connectivity index (χ2n) is 8.02. The first-order valence-electron chi connectivity index (χ1n) is 10.5. The molecule has 1 aromatic heterocycles. The van der Waals surface area contributed by atoms with Crippen LogP contribution in [-0.4, -0.2) is 44.7 Å². The molecule has 1 fully saturated rings. The van der Waals surface area contributed by atoms with Gasteiger partial charge < -0.3 is 14.6 Å². The molecule has 2 heterocycles. The Hall–Kier alpha value is -1.76. The van der Waals surface area contributed by atoms with E-state index >= 15 is 0 Å². The van der Waals surface area contributed by atoms with E-state index in [9.17, 15) is 5.11 Å². The molecular weight excluding hydrogens is 354 g/mol. The average Bonchev–Trinajstić information content (AvgIpc) is 3.15. The topological polar surface area (TPSA) is 69.4 Å². The third kappa shape index (κ3) is 5.87. The lowest BCUT2D eigenvalue weighted by Gasteiger charge is -2.37. The molecule has 0 aliphatic carbocycles. The molecule has 154 valence electrons. The Morgan fingerprint density at radius 3 is 2.79 bits per heavy atom. The van der Waals surface area contributed by atoms with Crippen molar-refractivity contribution in [2.75, 3.05) is 0 Å². The summed E-state index contributed by atoms with van der Waals surface area (Å²) in [6.07, 6.45) is 6.48. The van der Waals surface area contributed by atoms with Crippen LogP contribution in [0.4, 0.5) is 0 Å². The third-order valence-electron chi connectivity index (χ3n) is 5.44. The lowest BCUT2D eigenvalue weighted by molar-refractivity contribution is -0.255. The van der Waals surface area contributed by atoms with Crippen molar-refractivity contribution in [1.82, 2.24) is 15.0 Å². The van der Waals surface area contributed by atoms with Crippen molar-refractivity contribution < 1.29 is 14.6 Å². The predicted octanol–water partition coefficient (Wildman–Crippen LogP) is 4.04. The Balaban J connectivity index is 1.32. The Labute approximate surface area is 167 Å². The molecule has 0 spiro atoms. The summed E-state index contributed by atoms with van der Waals surface area (Å²) in [7, 11) is 0. The molecule has 0 amide bonds. The minimum absolute atomic E-state index is 0.156. The van der Waals surface area contributed by atoms with E-state index in [1.165, 1.54) is 0 Å². The SMILES string of the molecule is C[C@H](CCCCCn1cc(-c2ccccc2)nn1)O[C@@H]1O[C@@H](C)[C@H](O)C[C@H]1C. The van der Waals surface area contributed by atoms with Crippen LogP contribution in [-0.2, 0) is 16.0 Å². The normalized spacial score (nSPS) is 26.3. The van der Waals surface area contributed by atoms with Gasteiger partial charge in [0.1, 0.15) is 5.69 Å². The van der Waals surface area contributed by atoms with Crippen molar-refractivity contribution in [1.29, 1.82) is 0 Å². The van der Waals surface area contributed by atoms with E-state index in [0.29, 0.717) is 0 Å². The first-order valence-corrected chi connectivity index (χ1v) is 10.5. The van der Waals surface area contributed by atoms with Crippen molar-refractivity contribution in [2.45, 2.75) is 84.0 Å². The number of aryl methyl sites for hydroxylation is 1. The number of hydrogen-bond acceptors (Lipinski definition) is 5. The van der Waals surface area contributed by atoms with Gasteiger partial charge in [0.2, 0.25) is 0 Å². The second kappa shape index (κ2) is 10.1. The maximum atomic E-state index is 9.87. The average molecular weight is 388 g/mol. The number of hydrogen-bond donors (Lipinski definition) is 1. The summed E-state index contributed by atoms with van der Waals surface area (Å²) in [4.78, 5) is 0. The summed E-state index contributed by atoms with van der Waals surface area (Å²) in [6, 6.07) is 10.1. The zero-order valence-corrected chi connectivity index (χ0v) is 17.2. The van der Waals surface area contributed by atoms with E-state index in [-0.39, 0.29) is 30.5 Å². The second-order valence-corrected chi connectivity index (χ2v) is 8.02. The number of aromatic nitrogens is 3. The molecule has 1 aliphatic rings. The summed E-state index contributed by atoms with van der Waals surface area (Å²) in [5, 5.41) is 18.4. The van der Waals surface area contributed by atoms with Crippen LogP contribution in [0.2, 0.25) is 0 Å². The molecule has 28 heavy (non-hydrogen) atoms. The molecule has 1 saturated heterocycles. The number of rotatable bonds is 9. The fourth-order valence-corrected chi connectivity index (χ4v) is 3.61. The van der Waals surface area contributed by atoms with Gasteiger partial charge in [-0.1, -0.05) is 55.3 Å². The predicted molar refractivity (Wildman–Crippen MR) is 109 cm³/mol. The van der Waals surface area contributed by atoms with E-state index in [0.717, 1.165) is 49.9 Å². The highest BCUT2D eigenvalue weighted by Gasteiger charge is 2.33. The summed E-state index contributed by atoms with van der Waals surface area (Å²) in [5.41, 5.74) is 2.02. The number of benzene rings is 1. The van der Waals surface area contributed by atoms with E-state index in [4.69, 9.17) is 9.47 Å². The van der Waals surface area contributed by atoms with Gasteiger partial charge in [0.05, 0.1) is 24.5 Å². The minimum atomic E-state index is -0.385. The molecule has 1 aromatic carbocycles. The molecule has 0 unspecified atom stereocenters. The Bertz CT molecular complexity index is 706. The first-order chi connectivity index (χ1) is 13.5. The fourth-order valence-electron chi connectivity index (χ4n) is 3.61. The van der Waals surface area contributed by atoms with Gasteiger partial charge in [0, 0.05) is 18.0 Å². The standard InChI is InChI=1S/C22H33N3O3/c1-16-14-21(26)18(3)28-22(16)27-17(2)10-6-5-9-13-25-15-20(23-24-25)19-11-7-4-8-12-19/h4,7-8,11-12,15-18,21-22,26H,5-6,9-10,13-14H2,1-3H3/t16-,17-,18+,21-,22-/m1/s1. The molecule has 5 atom stereocenters. The monoisotopic (exact) mass is 387 g/mol. The van der Waals surface area contributed by atoms with Gasteiger partial charge in [0.15, 0.2) is 6.29 Å². The number of aliphatic hydroxyl groups is 1. The van der Waals surface area contributed by atoms with Crippen LogP contribution < -0.4 is 0 Å². The molecule has 6 heteroatoms. The number of unbranched alkanes of at least 4 members (excludes halogenated alkanes) is 2. The van der Waals surface area contributed by atoms with Crippen molar-refractivity contribution in [2.24, 2.45) is 5.92 Å². The number of aliphatic hydroxyl groups excluding tert-OH is 1. The number of ether oxygens (including phenoxy) is 2. The van der Waals surface area contributed by atoms with Crippen molar-refractivity contribution in [3.63, 3.8) is 0 Å². The Morgan fingerprint density at radius 2 is 2.00 bits per heavy atom. The lowest BCUT2D eigenvalue weighted by Crippen LogP contribution is -2.44. The molecule has 0 saturated carbocycles. The summed E-state index contributed by atoms with van der Waals surface area (Å²) >= 11 is 0. The van der Waals surface area contributed by atoms with Crippen LogP contribution in [0.15, 0.2) is 36.5 Å². The summed E-state index contributed by atoms with van der Waals surface area (Å²) in [6.45, 7) is 6.97. The highest BCUT2D eigenvalue weighted by Crippen LogP contribution is 2.27. The van der Waals surface area contributed by atoms with E-state index < -0.39 is 0 Å². The smallest absolute Gasteiger partial charge is 0.161 e. The van der Waals surface area contributed by atoms with Gasteiger partial charge in [-0.05, 0) is 33.1 Å². The molecular formula is C22H33N3O3. The van der Waals surface area contributed by atoms with Crippen LogP contribution in [0.5, 0.6) is 0 Å². The number of nitrogens with zero attached hydrogens (tertiary/aromatic N) is 3. The van der Waals surface area contributed by atoms with Crippen molar-refractivity contribution >= 4 is 0 Å². The first kappa shape index (κ1) is 21.0. The Kier molecular flexibility index (Phi) is 7.59. The molecule has 2 aromatic rings. The lowest BCUT2D eigenvalue weighted by atomic mass is 9.96. The van der Waals surface area contributed by atoms with Crippen LogP contribution in [0.3, 0.4) is 0 Å². The molecule has 1 N–H and O–H groups in total. The van der Waals surface area contributed by atoms with Gasteiger partial charge in [-0.25, -0.2) is 0 Å². The quantitative estimate of drug-likeness (QED) is 0.658. The summed E-state index contributed by atoms with van der Waals surface area (Å²) in [5.74, 6) is 0.222. The van der Waals surface area contributed by atoms with Gasteiger partial charge in [0.25, 0.3) is 0 Å². The zero-order valence-electron chi connectivity index (χ0n) is 17.2. The largest absolute Gasteiger partial charge is 0.390 e. The van der Waals surface area contributed by atoms with Crippen molar-refractivity contribution in [3.05, 3.63) is 36.5 Å². The molecule has 6 nitrogen and oxygen atoms in total. The van der Waals surface area contributed by atoms with Crippen LogP contribution >= 0.6 is 0 Å². The molecule has 0 bridgehead atoms. The fraction of sp³-hybridized carbons (Fsp3) is 0.636. The highest BCUT2D eigenvalue weighted by atomic mass is 16.7. The molecule has 0 radical (unpaired) electrons. The maximum absolute atomic E-state index is 9.87. The Morgan fingerprint density at radius 1 is 1.21 bits per heavy atom. The maximum Gasteiger partial charge on any atom is 0.161 e. The highest BCUT2D eigenvalue weighted by molar-refractivity contribution is 5.57. The van der Waals surface area contributed by atoms with Crippen LogP contribution in [0, 0.1) is 5.92 Å². The van der Waals surface area contributed by atoms with Crippen LogP contribution in [0.1, 0.15) is 52.9 Å². The zero-order chi connectivity index (χ0) is 19.9. The van der Waals surface area contributed by atoms with Gasteiger partial charge in [-0.2, -0.15) is 0 Å². The van der Waals surface area contributed by atoms with Gasteiger partial charge in [-0.15, -0.1) is 5.10 Å². The summed E-state index contributed by atoms with van der Waals surface area (Å²) < 4.78 is 13.8. The van der Waals surface area contributed by atoms with Gasteiger partial charge >= 0.3 is 0 Å². The molecule has 3 rings (SSSR count). The minimum Gasteiger partial charge on any atom is -0.390 e. The van der Waals surface area contributed by atoms with Crippen molar-refractivity contribution in [3.8, 4) is 11.3 Å². The van der Waals surface area contributed by atoms with E-state index in [1.807, 2.05) is 48.1 Å². The van der Waals surface area contributed by atoms with E-state index in [1.54, 1.807) is 0 Å². The third-order valence-corrected chi connectivity index (χ3v) is 5.44. The van der Waals surface area contributed by atoms with E-state index in [2.05, 4.69) is 24.2 Å². The van der Waals surface area contributed by atoms with Gasteiger partial charge in [-0.3, -0.25) is 4.68 Å².